The summed E-state index contributed by atoms with van der Waals surface area (Å²) in [5, 5.41) is 16.9. The highest BCUT2D eigenvalue weighted by Gasteiger charge is 2.14. The van der Waals surface area contributed by atoms with Crippen molar-refractivity contribution in [1.82, 2.24) is 15.0 Å². The average Bonchev–Trinajstić information content (AvgIpc) is 3.76. The predicted octanol–water partition coefficient (Wildman–Crippen LogP) is 11.6. The minimum atomic E-state index is 0.854. The van der Waals surface area contributed by atoms with Gasteiger partial charge in [0.25, 0.3) is 0 Å². The Hall–Kier alpha value is -6.52. The molecule has 0 aliphatic carbocycles. The number of nitrogens with zero attached hydrogens (tertiary/aromatic N) is 3. The first-order valence-corrected chi connectivity index (χ1v) is 16.2. The van der Waals surface area contributed by atoms with E-state index in [1.165, 1.54) is 43.6 Å². The first-order valence-electron chi connectivity index (χ1n) is 16.2. The van der Waals surface area contributed by atoms with Crippen molar-refractivity contribution in [3.63, 3.8) is 0 Å². The molecule has 0 aliphatic rings. The molecule has 0 spiro atoms. The Labute approximate surface area is 276 Å². The van der Waals surface area contributed by atoms with Crippen LogP contribution in [0.4, 0.5) is 0 Å². The van der Waals surface area contributed by atoms with Gasteiger partial charge in [-0.15, -0.1) is 10.2 Å². The molecule has 8 aromatic carbocycles. The fraction of sp³-hybridized carbons (Fsp3) is 0. The van der Waals surface area contributed by atoms with Crippen molar-refractivity contribution in [2.75, 3.05) is 0 Å². The van der Waals surface area contributed by atoms with Crippen molar-refractivity contribution < 1.29 is 4.42 Å². The Bertz CT molecular complexity index is 2830. The molecule has 0 amide bonds. The van der Waals surface area contributed by atoms with Gasteiger partial charge in [0.15, 0.2) is 0 Å². The molecule has 0 radical (unpaired) electrons. The summed E-state index contributed by atoms with van der Waals surface area (Å²) < 4.78 is 6.25. The molecule has 4 nitrogen and oxygen atoms in total. The van der Waals surface area contributed by atoms with Gasteiger partial charge in [0.2, 0.25) is 0 Å². The maximum Gasteiger partial charge on any atom is 0.136 e. The molecule has 48 heavy (non-hydrogen) atoms. The largest absolute Gasteiger partial charge is 0.456 e. The normalized spacial score (nSPS) is 11.8. The van der Waals surface area contributed by atoms with E-state index < -0.39 is 0 Å². The number of para-hydroxylation sites is 1. The molecular weight excluding hydrogens is 587 g/mol. The third kappa shape index (κ3) is 4.24. The average molecular weight is 614 g/mol. The van der Waals surface area contributed by atoms with Crippen LogP contribution in [-0.4, -0.2) is 15.0 Å². The topological polar surface area (TPSA) is 43.9 Å². The van der Waals surface area contributed by atoms with Gasteiger partial charge in [-0.3, -0.25) is 0 Å². The second-order valence-electron chi connectivity index (χ2n) is 12.3. The van der Waals surface area contributed by atoms with Crippen LogP contribution in [0.1, 0.15) is 0 Å². The van der Waals surface area contributed by atoms with Crippen molar-refractivity contribution in [2.45, 2.75) is 0 Å². The molecule has 10 aromatic rings. The third-order valence-corrected chi connectivity index (χ3v) is 9.48. The van der Waals surface area contributed by atoms with Gasteiger partial charge in [-0.1, -0.05) is 121 Å². The molecule has 0 unspecified atom stereocenters. The maximum atomic E-state index is 6.25. The van der Waals surface area contributed by atoms with Crippen molar-refractivity contribution in [3.8, 4) is 39.1 Å². The number of fused-ring (bicyclic) bond motifs is 8. The highest BCUT2D eigenvalue weighted by molar-refractivity contribution is 6.26. The van der Waals surface area contributed by atoms with Crippen molar-refractivity contribution >= 4 is 54.5 Å². The van der Waals surface area contributed by atoms with E-state index in [4.69, 9.17) is 14.6 Å². The minimum Gasteiger partial charge on any atom is -0.456 e. The zero-order chi connectivity index (χ0) is 31.6. The number of rotatable bonds is 4. The molecule has 0 aliphatic heterocycles. The molecular formula is C44H27N3O. The van der Waals surface area contributed by atoms with Crippen LogP contribution < -0.4 is 0 Å². The van der Waals surface area contributed by atoms with Crippen LogP contribution in [0.15, 0.2) is 168 Å². The van der Waals surface area contributed by atoms with Gasteiger partial charge in [-0.25, -0.2) is 0 Å². The molecule has 0 saturated heterocycles. The Morgan fingerprint density at radius 2 is 1.02 bits per heavy atom. The molecule has 0 saturated carbocycles. The van der Waals surface area contributed by atoms with Gasteiger partial charge in [-0.2, -0.15) is 4.80 Å². The summed E-state index contributed by atoms with van der Waals surface area (Å²) in [6, 6.07) is 57.5. The fourth-order valence-corrected chi connectivity index (χ4v) is 7.13. The maximum absolute atomic E-state index is 6.25. The van der Waals surface area contributed by atoms with Crippen LogP contribution in [0.3, 0.4) is 0 Å². The Morgan fingerprint density at radius 3 is 1.88 bits per heavy atom. The quantitative estimate of drug-likeness (QED) is 0.186. The summed E-state index contributed by atoms with van der Waals surface area (Å²) in [4.78, 5) is 1.73. The van der Waals surface area contributed by atoms with E-state index in [1.54, 1.807) is 4.80 Å². The van der Waals surface area contributed by atoms with Crippen LogP contribution in [-0.2, 0) is 0 Å². The van der Waals surface area contributed by atoms with Gasteiger partial charge < -0.3 is 4.42 Å². The molecule has 0 atom stereocenters. The van der Waals surface area contributed by atoms with Gasteiger partial charge in [0.05, 0.1) is 5.69 Å². The number of hydrogen-bond acceptors (Lipinski definition) is 3. The lowest BCUT2D eigenvalue weighted by Gasteiger charge is -2.10. The van der Waals surface area contributed by atoms with E-state index in [0.29, 0.717) is 0 Å². The number of benzene rings is 8. The zero-order valence-corrected chi connectivity index (χ0v) is 25.8. The molecule has 2 aromatic heterocycles. The standard InChI is InChI=1S/C44H27N3O/c1-2-8-28(9-3-1)35-10-4-5-11-36(35)29-18-22-34(23-19-29)47-45-39-24-20-33(27-40(39)46-47)32-17-15-30-14-16-31-21-25-42-44(43(31)38(30)26-32)37-12-6-7-13-41(37)48-42/h1-27H. The zero-order valence-electron chi connectivity index (χ0n) is 25.8. The summed E-state index contributed by atoms with van der Waals surface area (Å²) in [7, 11) is 0. The summed E-state index contributed by atoms with van der Waals surface area (Å²) in [5.74, 6) is 0. The van der Waals surface area contributed by atoms with E-state index in [1.807, 2.05) is 12.1 Å². The van der Waals surface area contributed by atoms with E-state index in [2.05, 4.69) is 152 Å². The fourth-order valence-electron chi connectivity index (χ4n) is 7.13. The monoisotopic (exact) mass is 613 g/mol. The van der Waals surface area contributed by atoms with Gasteiger partial charge in [0.1, 0.15) is 22.2 Å². The van der Waals surface area contributed by atoms with Crippen LogP contribution in [0.2, 0.25) is 0 Å². The SMILES string of the molecule is c1ccc(-c2ccccc2-c2ccc(-n3nc4ccc(-c5ccc6ccc7ccc8oc9ccccc9c8c7c6c5)cc4n3)cc2)cc1. The first-order chi connectivity index (χ1) is 23.8. The van der Waals surface area contributed by atoms with Gasteiger partial charge >= 0.3 is 0 Å². The minimum absolute atomic E-state index is 0.854. The smallest absolute Gasteiger partial charge is 0.136 e. The molecule has 224 valence electrons. The van der Waals surface area contributed by atoms with E-state index >= 15 is 0 Å². The Morgan fingerprint density at radius 1 is 0.396 bits per heavy atom. The van der Waals surface area contributed by atoms with Crippen LogP contribution in [0.5, 0.6) is 0 Å². The third-order valence-electron chi connectivity index (χ3n) is 9.48. The lowest BCUT2D eigenvalue weighted by Crippen LogP contribution is -1.98. The lowest BCUT2D eigenvalue weighted by atomic mass is 9.94. The van der Waals surface area contributed by atoms with Crippen LogP contribution >= 0.6 is 0 Å². The number of aromatic nitrogens is 3. The number of furan rings is 1. The van der Waals surface area contributed by atoms with Crippen LogP contribution in [0, 0.1) is 0 Å². The number of hydrogen-bond donors (Lipinski definition) is 0. The van der Waals surface area contributed by atoms with Gasteiger partial charge in [0, 0.05) is 16.2 Å². The van der Waals surface area contributed by atoms with Crippen molar-refractivity contribution in [1.29, 1.82) is 0 Å². The first kappa shape index (κ1) is 26.7. The van der Waals surface area contributed by atoms with Gasteiger partial charge in [-0.05, 0) is 92.0 Å². The summed E-state index contributed by atoms with van der Waals surface area (Å²) >= 11 is 0. The lowest BCUT2D eigenvalue weighted by molar-refractivity contribution is 0.669. The summed E-state index contributed by atoms with van der Waals surface area (Å²) in [6.45, 7) is 0. The second kappa shape index (κ2) is 10.5. The van der Waals surface area contributed by atoms with E-state index in [9.17, 15) is 0 Å². The highest BCUT2D eigenvalue weighted by atomic mass is 16.3. The Kier molecular flexibility index (Phi) is 5.84. The van der Waals surface area contributed by atoms with E-state index in [-0.39, 0.29) is 0 Å². The molecule has 4 heteroatoms. The van der Waals surface area contributed by atoms with Crippen LogP contribution in [0.25, 0.3) is 93.6 Å². The van der Waals surface area contributed by atoms with Crippen molar-refractivity contribution in [3.05, 3.63) is 164 Å². The Balaban J connectivity index is 1.03. The summed E-state index contributed by atoms with van der Waals surface area (Å²) in [6.07, 6.45) is 0. The molecule has 10 rings (SSSR count). The summed E-state index contributed by atoms with van der Waals surface area (Å²) in [5.41, 5.74) is 11.5. The molecule has 0 N–H and O–H groups in total. The second-order valence-corrected chi connectivity index (χ2v) is 12.3. The highest BCUT2D eigenvalue weighted by Crippen LogP contribution is 2.39. The van der Waals surface area contributed by atoms with E-state index in [0.717, 1.165) is 50.0 Å². The molecule has 0 fully saturated rings. The predicted molar refractivity (Wildman–Crippen MR) is 197 cm³/mol. The van der Waals surface area contributed by atoms with Crippen molar-refractivity contribution in [2.24, 2.45) is 0 Å². The molecule has 2 heterocycles. The molecule has 0 bridgehead atoms.